The molecule has 1 atom stereocenters. The van der Waals surface area contributed by atoms with Crippen LogP contribution in [0.1, 0.15) is 41.7 Å². The topological polar surface area (TPSA) is 217 Å². The summed E-state index contributed by atoms with van der Waals surface area (Å²) in [5.41, 5.74) is 4.76. The third kappa shape index (κ3) is 13.0. The molecule has 0 spiro atoms. The van der Waals surface area contributed by atoms with Gasteiger partial charge in [0.1, 0.15) is 18.0 Å². The van der Waals surface area contributed by atoms with Crippen molar-refractivity contribution in [3.05, 3.63) is 131 Å². The Morgan fingerprint density at radius 3 is 2.45 bits per heavy atom. The van der Waals surface area contributed by atoms with Crippen LogP contribution in [0.3, 0.4) is 0 Å². The molecule has 4 aromatic heterocycles. The Labute approximate surface area is 474 Å². The molecule has 0 radical (unpaired) electrons. The second-order valence-electron chi connectivity index (χ2n) is 21.0. The number of nitrogens with zero attached hydrogens (tertiary/aromatic N) is 11. The number of benzene rings is 3. The Morgan fingerprint density at radius 2 is 1.67 bits per heavy atom. The van der Waals surface area contributed by atoms with E-state index in [1.54, 1.807) is 60.2 Å². The monoisotopic (exact) mass is 1120 g/mol. The maximum Gasteiger partial charge on any atom is 0.323 e. The lowest BCUT2D eigenvalue weighted by atomic mass is 9.92. The highest BCUT2D eigenvalue weighted by Crippen LogP contribution is 2.42. The van der Waals surface area contributed by atoms with Crippen molar-refractivity contribution in [2.45, 2.75) is 38.8 Å². The number of aromatic nitrogens is 6. The van der Waals surface area contributed by atoms with Crippen LogP contribution in [0.2, 0.25) is 0 Å². The molecule has 3 aliphatic heterocycles. The van der Waals surface area contributed by atoms with Crippen molar-refractivity contribution >= 4 is 68.0 Å². The van der Waals surface area contributed by atoms with Crippen LogP contribution in [0.15, 0.2) is 109 Å². The van der Waals surface area contributed by atoms with E-state index < -0.39 is 23.9 Å². The first-order chi connectivity index (χ1) is 39.8. The maximum absolute atomic E-state index is 16.8. The number of pyridine rings is 2. The fraction of sp³-hybridized carbons (Fsp3) is 0.400. The number of hydrogen-bond donors (Lipinski definition) is 2. The van der Waals surface area contributed by atoms with Crippen molar-refractivity contribution in [3.63, 3.8) is 0 Å². The molecule has 21 nitrogen and oxygen atoms in total. The Kier molecular flexibility index (Phi) is 18.0. The number of carbonyl (C=O) groups is 4. The van der Waals surface area contributed by atoms with Crippen molar-refractivity contribution in [1.29, 1.82) is 0 Å². The number of aliphatic carboxylic acids is 1. The van der Waals surface area contributed by atoms with Crippen LogP contribution in [0, 0.1) is 11.7 Å². The summed E-state index contributed by atoms with van der Waals surface area (Å²) in [4.78, 5) is 84.5. The molecule has 3 amide bonds. The van der Waals surface area contributed by atoms with E-state index in [-0.39, 0.29) is 61.0 Å². The number of anilines is 3. The molecular formula is C60H69FN12O9. The minimum atomic E-state index is -1.16. The number of carboxylic acids is 1. The fourth-order valence-corrected chi connectivity index (χ4v) is 11.2. The quantitative estimate of drug-likeness (QED) is 0.0758. The highest BCUT2D eigenvalue weighted by atomic mass is 19.1. The minimum absolute atomic E-state index is 0.0653. The second-order valence-corrected chi connectivity index (χ2v) is 21.0. The summed E-state index contributed by atoms with van der Waals surface area (Å²) in [5, 5.41) is 19.9. The van der Waals surface area contributed by atoms with Gasteiger partial charge >= 0.3 is 5.97 Å². The average molecular weight is 1120 g/mol. The zero-order valence-electron chi connectivity index (χ0n) is 46.5. The van der Waals surface area contributed by atoms with Gasteiger partial charge in [0.2, 0.25) is 11.8 Å². The van der Waals surface area contributed by atoms with Crippen LogP contribution in [-0.2, 0) is 36.9 Å². The number of carboxylic acid groups (broad SMARTS) is 1. The van der Waals surface area contributed by atoms with Gasteiger partial charge in [0.05, 0.1) is 75.3 Å². The molecule has 3 aromatic carbocycles. The van der Waals surface area contributed by atoms with Gasteiger partial charge in [-0.3, -0.25) is 38.5 Å². The van der Waals surface area contributed by atoms with Crippen molar-refractivity contribution in [2.24, 2.45) is 5.92 Å². The molecule has 2 saturated heterocycles. The van der Waals surface area contributed by atoms with E-state index in [1.807, 2.05) is 60.9 Å². The van der Waals surface area contributed by atoms with E-state index >= 15 is 4.39 Å². The molecule has 10 rings (SSSR count). The van der Waals surface area contributed by atoms with E-state index in [2.05, 4.69) is 41.0 Å². The fourth-order valence-electron chi connectivity index (χ4n) is 11.2. The molecular weight excluding hydrogens is 1050 g/mol. The second kappa shape index (κ2) is 26.0. The number of piperidine rings is 1. The molecule has 2 fully saturated rings. The minimum Gasteiger partial charge on any atom is -0.496 e. The Balaban J connectivity index is 0.732. The Hall–Kier alpha value is -8.47. The molecule has 430 valence electrons. The maximum atomic E-state index is 16.8. The summed E-state index contributed by atoms with van der Waals surface area (Å²) < 4.78 is 37.6. The van der Waals surface area contributed by atoms with Crippen LogP contribution in [0.4, 0.5) is 21.5 Å². The summed E-state index contributed by atoms with van der Waals surface area (Å²) in [7, 11) is 4.91. The van der Waals surface area contributed by atoms with Gasteiger partial charge in [-0.15, -0.1) is 5.10 Å². The number of rotatable bonds is 22. The third-order valence-electron chi connectivity index (χ3n) is 15.6. The molecule has 7 aromatic rings. The average Bonchev–Trinajstić information content (AvgIpc) is 4.28. The van der Waals surface area contributed by atoms with Crippen LogP contribution in [-0.4, -0.2) is 186 Å². The number of aryl methyl sites for hydroxylation is 1. The van der Waals surface area contributed by atoms with Gasteiger partial charge in [-0.1, -0.05) is 35.6 Å². The molecule has 22 heteroatoms. The number of halogens is 1. The first kappa shape index (κ1) is 56.8. The summed E-state index contributed by atoms with van der Waals surface area (Å²) >= 11 is 0. The molecule has 3 aliphatic rings. The first-order valence-electron chi connectivity index (χ1n) is 27.8. The number of aromatic amines is 1. The summed E-state index contributed by atoms with van der Waals surface area (Å²) in [6, 6.07) is 20.4. The predicted molar refractivity (Wildman–Crippen MR) is 310 cm³/mol. The smallest absolute Gasteiger partial charge is 0.323 e. The highest BCUT2D eigenvalue weighted by Gasteiger charge is 2.32. The molecule has 82 heavy (non-hydrogen) atoms. The number of amides is 3. The molecule has 0 unspecified atom stereocenters. The number of carbonyl (C=O) groups excluding carboxylic acids is 3. The van der Waals surface area contributed by atoms with E-state index in [4.69, 9.17) is 14.2 Å². The number of piperazine rings is 1. The van der Waals surface area contributed by atoms with Gasteiger partial charge < -0.3 is 53.4 Å². The molecule has 0 aliphatic carbocycles. The van der Waals surface area contributed by atoms with Gasteiger partial charge in [0.15, 0.2) is 5.82 Å². The van der Waals surface area contributed by atoms with Crippen LogP contribution in [0.25, 0.3) is 38.4 Å². The lowest BCUT2D eigenvalue weighted by molar-refractivity contribution is -0.137. The SMILES string of the molecule is COc1cc(N2CCN(CCOCCOCCN(C(=O)[C@H]3CCCN(c4cncc5ccccc45)C3)c3ccc(=O)n(CC(=O)O)c3)CC2)ccc1-c1cc(C2=CCCN(C(=O)CCn3ccnn3)C2)c(F)c2[nH]c(C(=O)N(C)C)cc12. The number of H-pyrrole nitrogens is 1. The first-order valence-corrected chi connectivity index (χ1v) is 27.8. The van der Waals surface area contributed by atoms with Crippen LogP contribution < -0.4 is 25.0 Å². The van der Waals surface area contributed by atoms with Gasteiger partial charge in [-0.05, 0) is 60.7 Å². The molecule has 0 bridgehead atoms. The molecule has 0 saturated carbocycles. The number of methoxy groups -OCH3 is 1. The normalized spacial score (nSPS) is 15.9. The summed E-state index contributed by atoms with van der Waals surface area (Å²) in [6.07, 6.45) is 12.6. The number of fused-ring (bicyclic) bond motifs is 2. The summed E-state index contributed by atoms with van der Waals surface area (Å²) in [5.74, 6) is -1.93. The predicted octanol–water partition coefficient (Wildman–Crippen LogP) is 5.88. The van der Waals surface area contributed by atoms with Crippen molar-refractivity contribution in [1.82, 2.24) is 44.2 Å². The van der Waals surface area contributed by atoms with Gasteiger partial charge in [-0.2, -0.15) is 0 Å². The van der Waals surface area contributed by atoms with E-state index in [0.29, 0.717) is 85.8 Å². The lowest BCUT2D eigenvalue weighted by Crippen LogP contribution is -2.47. The third-order valence-corrected chi connectivity index (χ3v) is 15.6. The Bertz CT molecular complexity index is 3520. The van der Waals surface area contributed by atoms with E-state index in [9.17, 15) is 29.1 Å². The van der Waals surface area contributed by atoms with Crippen LogP contribution >= 0.6 is 0 Å². The van der Waals surface area contributed by atoms with Crippen molar-refractivity contribution in [2.75, 3.05) is 128 Å². The zero-order chi connectivity index (χ0) is 57.3. The highest BCUT2D eigenvalue weighted by molar-refractivity contribution is 6.05. The van der Waals surface area contributed by atoms with E-state index in [1.165, 1.54) is 17.2 Å². The Morgan fingerprint density at radius 1 is 0.854 bits per heavy atom. The number of nitrogens with one attached hydrogen (secondary N) is 1. The van der Waals surface area contributed by atoms with Crippen LogP contribution in [0.5, 0.6) is 5.75 Å². The van der Waals surface area contributed by atoms with Gasteiger partial charge in [0, 0.05) is 150 Å². The lowest BCUT2D eigenvalue weighted by Gasteiger charge is -2.36. The van der Waals surface area contributed by atoms with Gasteiger partial charge in [0.25, 0.3) is 11.5 Å². The van der Waals surface area contributed by atoms with Crippen molar-refractivity contribution in [3.8, 4) is 16.9 Å². The largest absolute Gasteiger partial charge is 0.496 e. The summed E-state index contributed by atoms with van der Waals surface area (Å²) in [6.45, 7) is 7.21. The van der Waals surface area contributed by atoms with Gasteiger partial charge in [-0.25, -0.2) is 4.39 Å². The molecule has 7 heterocycles. The van der Waals surface area contributed by atoms with Crippen molar-refractivity contribution < 1.29 is 42.9 Å². The molecule has 2 N–H and O–H groups in total. The number of ether oxygens (including phenoxy) is 3. The zero-order valence-corrected chi connectivity index (χ0v) is 46.5. The standard InChI is InChI=1S/C60H69FN12O9/c1-66(2)60(79)51-34-50-49(33-48(57(61)58(50)64-51)42-9-6-19-70(37-42)55(75)16-20-72-21-17-63-65-72)47-14-12-44(32-53(47)80-3)68-24-22-67(23-25-68)26-28-81-30-31-82-29-27-73(45-13-15-54(74)71(39-45)40-56(76)77)59(78)43-10-7-18-69(38-43)52-36-62-35-41-8-4-5-11-46(41)52/h4-5,8-9,11-15,17,21,32-36,39,43,64H,6-7,10,16,18-20,22-31,37-38,40H2,1-3H3,(H,76,77)/t43-/m0/s1. The van der Waals surface area contributed by atoms with E-state index in [0.717, 1.165) is 78.0 Å². The number of hydrogen-bond acceptors (Lipinski definition) is 14.